The number of benzene rings is 2. The Bertz CT molecular complexity index is 1260. The quantitative estimate of drug-likeness (QED) is 0.317. The fourth-order valence-electron chi connectivity index (χ4n) is 3.72. The Balaban J connectivity index is 1.96. The van der Waals surface area contributed by atoms with Crippen molar-refractivity contribution >= 4 is 46.3 Å². The van der Waals surface area contributed by atoms with Crippen molar-refractivity contribution in [3.8, 4) is 5.75 Å². The number of amides is 1. The third kappa shape index (κ3) is 3.61. The van der Waals surface area contributed by atoms with E-state index in [1.165, 1.54) is 18.1 Å². The SMILES string of the molecule is COc1ccc(/C(O)=C2\C(=O)C(=O)N(c3cccc(Cl)c3C)C2c2ccccn2)cc1Cl. The van der Waals surface area contributed by atoms with Crippen LogP contribution in [0.1, 0.15) is 22.9 Å². The minimum atomic E-state index is -0.950. The number of anilines is 1. The molecular formula is C24H18Cl2N2O4. The van der Waals surface area contributed by atoms with Crippen LogP contribution in [-0.4, -0.2) is 28.9 Å². The van der Waals surface area contributed by atoms with Gasteiger partial charge in [0.25, 0.3) is 11.7 Å². The number of ketones is 1. The smallest absolute Gasteiger partial charge is 0.300 e. The van der Waals surface area contributed by atoms with E-state index in [2.05, 4.69) is 4.98 Å². The second kappa shape index (κ2) is 8.65. The van der Waals surface area contributed by atoms with Crippen molar-refractivity contribution in [2.75, 3.05) is 12.0 Å². The van der Waals surface area contributed by atoms with Crippen LogP contribution in [0.15, 0.2) is 66.4 Å². The van der Waals surface area contributed by atoms with Gasteiger partial charge >= 0.3 is 0 Å². The first-order valence-corrected chi connectivity index (χ1v) is 10.4. The van der Waals surface area contributed by atoms with E-state index in [4.69, 9.17) is 27.9 Å². The van der Waals surface area contributed by atoms with E-state index in [0.717, 1.165) is 0 Å². The largest absolute Gasteiger partial charge is 0.507 e. The fourth-order valence-corrected chi connectivity index (χ4v) is 4.15. The summed E-state index contributed by atoms with van der Waals surface area (Å²) in [4.78, 5) is 32.0. The summed E-state index contributed by atoms with van der Waals surface area (Å²) in [5, 5.41) is 11.8. The van der Waals surface area contributed by atoms with Gasteiger partial charge in [-0.05, 0) is 55.0 Å². The fraction of sp³-hybridized carbons (Fsp3) is 0.125. The van der Waals surface area contributed by atoms with Gasteiger partial charge in [-0.2, -0.15) is 0 Å². The standard InChI is InChI=1S/C24H18Cl2N2O4/c1-13-15(25)6-5-8-18(13)28-21(17-7-3-4-11-27-17)20(23(30)24(28)31)22(29)14-9-10-19(32-2)16(26)12-14/h3-12,21,29H,1-2H3/b22-20+. The summed E-state index contributed by atoms with van der Waals surface area (Å²) in [6, 6.07) is 13.9. The van der Waals surface area contributed by atoms with Gasteiger partial charge in [0.05, 0.1) is 23.4 Å². The second-order valence-electron chi connectivity index (χ2n) is 7.16. The molecule has 0 aliphatic carbocycles. The van der Waals surface area contributed by atoms with Gasteiger partial charge in [0.1, 0.15) is 17.6 Å². The number of hydrogen-bond acceptors (Lipinski definition) is 5. The monoisotopic (exact) mass is 468 g/mol. The van der Waals surface area contributed by atoms with E-state index in [1.807, 2.05) is 0 Å². The molecule has 2 heterocycles. The molecule has 1 aliphatic rings. The summed E-state index contributed by atoms with van der Waals surface area (Å²) in [5.41, 5.74) is 1.70. The number of aliphatic hydroxyl groups excluding tert-OH is 1. The Hall–Kier alpha value is -3.35. The summed E-state index contributed by atoms with van der Waals surface area (Å²) in [6.07, 6.45) is 1.56. The van der Waals surface area contributed by atoms with Crippen molar-refractivity contribution < 1.29 is 19.4 Å². The molecule has 1 N–H and O–H groups in total. The highest BCUT2D eigenvalue weighted by Gasteiger charge is 2.48. The van der Waals surface area contributed by atoms with Crippen LogP contribution in [0.3, 0.4) is 0 Å². The Labute approximate surface area is 194 Å². The Morgan fingerprint density at radius 2 is 1.84 bits per heavy atom. The maximum absolute atomic E-state index is 13.2. The van der Waals surface area contributed by atoms with Gasteiger partial charge in [-0.25, -0.2) is 0 Å². The lowest BCUT2D eigenvalue weighted by Crippen LogP contribution is -2.30. The van der Waals surface area contributed by atoms with E-state index in [-0.39, 0.29) is 21.9 Å². The molecule has 2 aromatic carbocycles. The molecule has 6 nitrogen and oxygen atoms in total. The van der Waals surface area contributed by atoms with Gasteiger partial charge in [-0.15, -0.1) is 0 Å². The predicted octanol–water partition coefficient (Wildman–Crippen LogP) is 5.33. The lowest BCUT2D eigenvalue weighted by molar-refractivity contribution is -0.132. The molecule has 32 heavy (non-hydrogen) atoms. The molecule has 8 heteroatoms. The summed E-state index contributed by atoms with van der Waals surface area (Å²) in [6.45, 7) is 1.76. The molecule has 162 valence electrons. The highest BCUT2D eigenvalue weighted by atomic mass is 35.5. The van der Waals surface area contributed by atoms with Crippen molar-refractivity contribution in [2.24, 2.45) is 0 Å². The Kier molecular flexibility index (Phi) is 5.91. The molecule has 1 unspecified atom stereocenters. The lowest BCUT2D eigenvalue weighted by Gasteiger charge is -2.26. The molecule has 0 radical (unpaired) electrons. The van der Waals surface area contributed by atoms with Gasteiger partial charge in [-0.1, -0.05) is 35.3 Å². The zero-order valence-corrected chi connectivity index (χ0v) is 18.7. The average Bonchev–Trinajstić information content (AvgIpc) is 3.06. The minimum Gasteiger partial charge on any atom is -0.507 e. The van der Waals surface area contributed by atoms with Crippen LogP contribution in [-0.2, 0) is 9.59 Å². The van der Waals surface area contributed by atoms with Gasteiger partial charge in [0.2, 0.25) is 0 Å². The topological polar surface area (TPSA) is 79.7 Å². The van der Waals surface area contributed by atoms with E-state index in [0.29, 0.717) is 27.7 Å². The number of pyridine rings is 1. The van der Waals surface area contributed by atoms with Gasteiger partial charge < -0.3 is 9.84 Å². The maximum atomic E-state index is 13.2. The van der Waals surface area contributed by atoms with Crippen LogP contribution < -0.4 is 9.64 Å². The average molecular weight is 469 g/mol. The zero-order chi connectivity index (χ0) is 23.0. The number of carbonyl (C=O) groups excluding carboxylic acids is 2. The third-order valence-corrected chi connectivity index (χ3v) is 6.04. The van der Waals surface area contributed by atoms with Crippen LogP contribution in [0, 0.1) is 6.92 Å². The first-order chi connectivity index (χ1) is 15.3. The van der Waals surface area contributed by atoms with Gasteiger partial charge in [0.15, 0.2) is 0 Å². The minimum absolute atomic E-state index is 0.0886. The molecular weight excluding hydrogens is 451 g/mol. The van der Waals surface area contributed by atoms with Gasteiger partial charge in [-0.3, -0.25) is 19.5 Å². The van der Waals surface area contributed by atoms with Crippen molar-refractivity contribution in [2.45, 2.75) is 13.0 Å². The molecule has 0 spiro atoms. The zero-order valence-electron chi connectivity index (χ0n) is 17.2. The number of carbonyl (C=O) groups is 2. The number of Topliss-reactive ketones (excluding diaryl/α,β-unsaturated/α-hetero) is 1. The van der Waals surface area contributed by atoms with E-state index in [1.54, 1.807) is 61.7 Å². The molecule has 1 amide bonds. The van der Waals surface area contributed by atoms with Crippen LogP contribution in [0.5, 0.6) is 5.75 Å². The lowest BCUT2D eigenvalue weighted by atomic mass is 9.98. The van der Waals surface area contributed by atoms with Crippen molar-refractivity contribution in [3.05, 3.63) is 93.2 Å². The van der Waals surface area contributed by atoms with Crippen LogP contribution in [0.2, 0.25) is 10.0 Å². The predicted molar refractivity (Wildman–Crippen MR) is 123 cm³/mol. The number of methoxy groups -OCH3 is 1. The number of aliphatic hydroxyl groups is 1. The van der Waals surface area contributed by atoms with E-state index in [9.17, 15) is 14.7 Å². The van der Waals surface area contributed by atoms with Crippen LogP contribution in [0.25, 0.3) is 5.76 Å². The Morgan fingerprint density at radius 1 is 1.06 bits per heavy atom. The number of halogens is 2. The number of aromatic nitrogens is 1. The van der Waals surface area contributed by atoms with Crippen LogP contribution in [0.4, 0.5) is 5.69 Å². The molecule has 1 fully saturated rings. The van der Waals surface area contributed by atoms with Crippen LogP contribution >= 0.6 is 23.2 Å². The first kappa shape index (κ1) is 21.9. The van der Waals surface area contributed by atoms with Gasteiger partial charge in [0, 0.05) is 22.5 Å². The normalized spacial score (nSPS) is 17.6. The van der Waals surface area contributed by atoms with E-state index < -0.39 is 17.7 Å². The second-order valence-corrected chi connectivity index (χ2v) is 7.97. The van der Waals surface area contributed by atoms with Crippen molar-refractivity contribution in [3.63, 3.8) is 0 Å². The number of rotatable bonds is 4. The molecule has 1 aromatic heterocycles. The molecule has 3 aromatic rings. The summed E-state index contributed by atoms with van der Waals surface area (Å²) >= 11 is 12.5. The number of ether oxygens (including phenoxy) is 1. The summed E-state index contributed by atoms with van der Waals surface area (Å²) in [5.74, 6) is -1.55. The van der Waals surface area contributed by atoms with Crippen molar-refractivity contribution in [1.82, 2.24) is 4.98 Å². The van der Waals surface area contributed by atoms with E-state index >= 15 is 0 Å². The Morgan fingerprint density at radius 3 is 2.50 bits per heavy atom. The number of nitrogens with zero attached hydrogens (tertiary/aromatic N) is 2. The molecule has 1 atom stereocenters. The number of hydrogen-bond donors (Lipinski definition) is 1. The third-order valence-electron chi connectivity index (χ3n) is 5.34. The first-order valence-electron chi connectivity index (χ1n) is 9.66. The molecule has 0 saturated carbocycles. The summed E-state index contributed by atoms with van der Waals surface area (Å²) < 4.78 is 5.15. The molecule has 0 bridgehead atoms. The molecule has 4 rings (SSSR count). The van der Waals surface area contributed by atoms with Crippen molar-refractivity contribution in [1.29, 1.82) is 0 Å². The maximum Gasteiger partial charge on any atom is 0.300 e. The molecule has 1 aliphatic heterocycles. The highest BCUT2D eigenvalue weighted by molar-refractivity contribution is 6.52. The summed E-state index contributed by atoms with van der Waals surface area (Å²) in [7, 11) is 1.47. The highest BCUT2D eigenvalue weighted by Crippen LogP contribution is 2.43. The molecule has 1 saturated heterocycles.